The lowest BCUT2D eigenvalue weighted by atomic mass is 10.0. The number of carbonyl (C=O) groups is 2. The van der Waals surface area contributed by atoms with E-state index < -0.39 is 29.5 Å². The van der Waals surface area contributed by atoms with E-state index in [0.29, 0.717) is 11.3 Å². The third kappa shape index (κ3) is 5.27. The van der Waals surface area contributed by atoms with Gasteiger partial charge in [0.05, 0.1) is 13.5 Å². The molecule has 0 saturated carbocycles. The second-order valence-electron chi connectivity index (χ2n) is 5.50. The van der Waals surface area contributed by atoms with Crippen LogP contribution in [-0.2, 0) is 22.4 Å². The van der Waals surface area contributed by atoms with Crippen LogP contribution in [0.2, 0.25) is 0 Å². The Kier molecular flexibility index (Phi) is 6.05. The first-order valence-corrected chi connectivity index (χ1v) is 7.54. The Hall–Kier alpha value is -2.96. The predicted molar refractivity (Wildman–Crippen MR) is 87.9 cm³/mol. The molecule has 0 aliphatic carbocycles. The Bertz CT molecular complexity index is 763. The molecule has 1 atom stereocenters. The van der Waals surface area contributed by atoms with Crippen LogP contribution in [0.1, 0.15) is 11.1 Å². The molecule has 3 N–H and O–H groups in total. The highest BCUT2D eigenvalue weighted by molar-refractivity contribution is 5.87. The highest BCUT2D eigenvalue weighted by Crippen LogP contribution is 2.13. The van der Waals surface area contributed by atoms with Gasteiger partial charge in [-0.15, -0.1) is 0 Å². The van der Waals surface area contributed by atoms with Crippen LogP contribution in [0.25, 0.3) is 0 Å². The number of benzene rings is 2. The molecule has 132 valence electrons. The van der Waals surface area contributed by atoms with E-state index in [-0.39, 0.29) is 12.8 Å². The number of methoxy groups -OCH3 is 1. The molecule has 0 aliphatic heterocycles. The van der Waals surface area contributed by atoms with E-state index in [4.69, 9.17) is 10.5 Å². The van der Waals surface area contributed by atoms with Crippen LogP contribution in [0.4, 0.5) is 8.78 Å². The minimum Gasteiger partial charge on any atom is -0.497 e. The van der Waals surface area contributed by atoms with Crippen LogP contribution in [0.15, 0.2) is 42.5 Å². The lowest BCUT2D eigenvalue weighted by Gasteiger charge is -2.16. The smallest absolute Gasteiger partial charge is 0.240 e. The zero-order chi connectivity index (χ0) is 18.4. The largest absolute Gasteiger partial charge is 0.497 e. The zero-order valence-electron chi connectivity index (χ0n) is 13.6. The molecule has 7 heteroatoms. The van der Waals surface area contributed by atoms with E-state index in [0.717, 1.165) is 17.7 Å². The number of hydrogen-bond donors (Lipinski definition) is 2. The molecule has 0 saturated heterocycles. The number of carbonyl (C=O) groups excluding carboxylic acids is 2. The molecule has 0 fully saturated rings. The van der Waals surface area contributed by atoms with Crippen molar-refractivity contribution in [2.75, 3.05) is 7.11 Å². The van der Waals surface area contributed by atoms with Gasteiger partial charge in [-0.25, -0.2) is 8.78 Å². The van der Waals surface area contributed by atoms with E-state index in [2.05, 4.69) is 5.32 Å². The van der Waals surface area contributed by atoms with E-state index in [9.17, 15) is 18.4 Å². The molecule has 0 bridgehead atoms. The Morgan fingerprint density at radius 1 is 1.08 bits per heavy atom. The molecule has 0 aliphatic rings. The fraction of sp³-hybridized carbons (Fsp3) is 0.222. The van der Waals surface area contributed by atoms with E-state index in [1.165, 1.54) is 6.07 Å². The summed E-state index contributed by atoms with van der Waals surface area (Å²) in [4.78, 5) is 23.6. The van der Waals surface area contributed by atoms with Crippen molar-refractivity contribution in [3.05, 3.63) is 65.2 Å². The summed E-state index contributed by atoms with van der Waals surface area (Å²) in [7, 11) is 1.54. The van der Waals surface area contributed by atoms with Crippen molar-refractivity contribution in [1.29, 1.82) is 0 Å². The van der Waals surface area contributed by atoms with Crippen molar-refractivity contribution in [3.63, 3.8) is 0 Å². The van der Waals surface area contributed by atoms with Gasteiger partial charge in [0, 0.05) is 6.42 Å². The summed E-state index contributed by atoms with van der Waals surface area (Å²) in [5.74, 6) is -2.55. The van der Waals surface area contributed by atoms with Crippen LogP contribution >= 0.6 is 0 Å². The first-order chi connectivity index (χ1) is 11.9. The summed E-state index contributed by atoms with van der Waals surface area (Å²) >= 11 is 0. The van der Waals surface area contributed by atoms with Crippen molar-refractivity contribution < 1.29 is 23.1 Å². The molecule has 0 unspecified atom stereocenters. The number of primary amides is 1. The number of amides is 2. The minimum atomic E-state index is -1.03. The Labute approximate surface area is 143 Å². The van der Waals surface area contributed by atoms with Crippen LogP contribution < -0.4 is 15.8 Å². The molecule has 0 heterocycles. The molecule has 2 aromatic carbocycles. The number of ether oxygens (including phenoxy) is 1. The summed E-state index contributed by atoms with van der Waals surface area (Å²) in [6.07, 6.45) is 0.0203. The normalized spacial score (nSPS) is 11.6. The van der Waals surface area contributed by atoms with Gasteiger partial charge in [0.2, 0.25) is 11.8 Å². The number of nitrogens with two attached hydrogens (primary N) is 1. The highest BCUT2D eigenvalue weighted by atomic mass is 19.2. The van der Waals surface area contributed by atoms with Gasteiger partial charge in [0.15, 0.2) is 11.6 Å². The highest BCUT2D eigenvalue weighted by Gasteiger charge is 2.19. The Morgan fingerprint density at radius 2 is 1.72 bits per heavy atom. The summed E-state index contributed by atoms with van der Waals surface area (Å²) in [5, 5.41) is 2.52. The van der Waals surface area contributed by atoms with Gasteiger partial charge in [-0.2, -0.15) is 0 Å². The number of hydrogen-bond acceptors (Lipinski definition) is 3. The lowest BCUT2D eigenvalue weighted by molar-refractivity contribution is -0.127. The Morgan fingerprint density at radius 3 is 2.28 bits per heavy atom. The Balaban J connectivity index is 2.00. The summed E-state index contributed by atoms with van der Waals surface area (Å²) in [6, 6.07) is 9.27. The first kappa shape index (κ1) is 18.4. The molecule has 2 amide bonds. The molecule has 0 aromatic heterocycles. The standard InChI is InChI=1S/C18H18F2N2O3/c1-25-13-5-2-11(3-6-13)9-16(18(21)24)22-17(23)10-12-4-7-14(19)15(20)8-12/h2-8,16H,9-10H2,1H3,(H2,21,24)(H,22,23)/t16-/m0/s1. The topological polar surface area (TPSA) is 81.4 Å². The maximum absolute atomic E-state index is 13.2. The van der Waals surface area contributed by atoms with Crippen molar-refractivity contribution in [2.24, 2.45) is 5.73 Å². The third-order valence-corrected chi connectivity index (χ3v) is 3.63. The quantitative estimate of drug-likeness (QED) is 0.800. The summed E-state index contributed by atoms with van der Waals surface area (Å²) in [5.41, 5.74) is 6.42. The maximum atomic E-state index is 13.2. The van der Waals surface area contributed by atoms with Crippen molar-refractivity contribution in [1.82, 2.24) is 5.32 Å². The van der Waals surface area contributed by atoms with Crippen molar-refractivity contribution in [3.8, 4) is 5.75 Å². The van der Waals surface area contributed by atoms with Gasteiger partial charge >= 0.3 is 0 Å². The summed E-state index contributed by atoms with van der Waals surface area (Å²) < 4.78 is 31.1. The van der Waals surface area contributed by atoms with E-state index >= 15 is 0 Å². The van der Waals surface area contributed by atoms with Gasteiger partial charge in [0.1, 0.15) is 11.8 Å². The average molecular weight is 348 g/mol. The third-order valence-electron chi connectivity index (χ3n) is 3.63. The van der Waals surface area contributed by atoms with Gasteiger partial charge in [-0.1, -0.05) is 18.2 Å². The van der Waals surface area contributed by atoms with Crippen LogP contribution in [0.5, 0.6) is 5.75 Å². The molecule has 5 nitrogen and oxygen atoms in total. The number of nitrogens with one attached hydrogen (secondary N) is 1. The van der Waals surface area contributed by atoms with Gasteiger partial charge < -0.3 is 15.8 Å². The fourth-order valence-corrected chi connectivity index (χ4v) is 2.30. The molecule has 25 heavy (non-hydrogen) atoms. The van der Waals surface area contributed by atoms with Crippen LogP contribution in [-0.4, -0.2) is 25.0 Å². The van der Waals surface area contributed by atoms with Gasteiger partial charge in [-0.05, 0) is 35.4 Å². The van der Waals surface area contributed by atoms with E-state index in [1.54, 1.807) is 31.4 Å². The minimum absolute atomic E-state index is 0.191. The zero-order valence-corrected chi connectivity index (χ0v) is 13.6. The van der Waals surface area contributed by atoms with Crippen LogP contribution in [0, 0.1) is 11.6 Å². The maximum Gasteiger partial charge on any atom is 0.240 e. The predicted octanol–water partition coefficient (Wildman–Crippen LogP) is 1.73. The van der Waals surface area contributed by atoms with Gasteiger partial charge in [-0.3, -0.25) is 9.59 Å². The van der Waals surface area contributed by atoms with Crippen molar-refractivity contribution in [2.45, 2.75) is 18.9 Å². The van der Waals surface area contributed by atoms with E-state index in [1.807, 2.05) is 0 Å². The second kappa shape index (κ2) is 8.23. The van der Waals surface area contributed by atoms with Crippen LogP contribution in [0.3, 0.4) is 0 Å². The number of rotatable bonds is 7. The number of halogens is 2. The molecule has 2 aromatic rings. The fourth-order valence-electron chi connectivity index (χ4n) is 2.30. The molecular weight excluding hydrogens is 330 g/mol. The van der Waals surface area contributed by atoms with Crippen molar-refractivity contribution >= 4 is 11.8 Å². The molecule has 2 rings (SSSR count). The first-order valence-electron chi connectivity index (χ1n) is 7.54. The lowest BCUT2D eigenvalue weighted by Crippen LogP contribution is -2.46. The summed E-state index contributed by atoms with van der Waals surface area (Å²) in [6.45, 7) is 0. The van der Waals surface area contributed by atoms with Gasteiger partial charge in [0.25, 0.3) is 0 Å². The average Bonchev–Trinajstić information content (AvgIpc) is 2.58. The molecular formula is C18H18F2N2O3. The second-order valence-corrected chi connectivity index (χ2v) is 5.50. The SMILES string of the molecule is COc1ccc(C[C@H](NC(=O)Cc2ccc(F)c(F)c2)C(N)=O)cc1. The molecule has 0 spiro atoms. The monoisotopic (exact) mass is 348 g/mol. The molecule has 0 radical (unpaired) electrons.